The van der Waals surface area contributed by atoms with E-state index in [9.17, 15) is 14.4 Å². The number of nitrogens with zero attached hydrogens (tertiary/aromatic N) is 1. The van der Waals surface area contributed by atoms with Crippen molar-refractivity contribution in [2.24, 2.45) is 0 Å². The first-order valence-electron chi connectivity index (χ1n) is 9.00. The van der Waals surface area contributed by atoms with Crippen molar-refractivity contribution in [2.45, 2.75) is 19.8 Å². The highest BCUT2D eigenvalue weighted by Crippen LogP contribution is 2.33. The Morgan fingerprint density at radius 2 is 2.00 bits per heavy atom. The lowest BCUT2D eigenvalue weighted by atomic mass is 10.1. The molecule has 0 saturated carbocycles. The molecule has 1 N–H and O–H groups in total. The molecule has 0 unspecified atom stereocenters. The second kappa shape index (κ2) is 8.56. The van der Waals surface area contributed by atoms with Crippen molar-refractivity contribution in [2.75, 3.05) is 30.5 Å². The van der Waals surface area contributed by atoms with Gasteiger partial charge in [-0.05, 0) is 43.2 Å². The van der Waals surface area contributed by atoms with E-state index in [2.05, 4.69) is 5.32 Å². The third-order valence-electron chi connectivity index (χ3n) is 4.45. The number of nitrogens with one attached hydrogen (secondary N) is 1. The normalized spacial score (nSPS) is 12.8. The molecular formula is C21H22N2O5. The Kier molecular flexibility index (Phi) is 5.93. The zero-order chi connectivity index (χ0) is 20.1. The van der Waals surface area contributed by atoms with Gasteiger partial charge in [-0.15, -0.1) is 0 Å². The molecule has 0 aliphatic carbocycles. The second-order valence-electron chi connectivity index (χ2n) is 6.49. The molecule has 2 aromatic rings. The van der Waals surface area contributed by atoms with Crippen LogP contribution in [0, 0.1) is 6.92 Å². The van der Waals surface area contributed by atoms with Gasteiger partial charge in [-0.1, -0.05) is 18.2 Å². The second-order valence-corrected chi connectivity index (χ2v) is 6.49. The van der Waals surface area contributed by atoms with Gasteiger partial charge >= 0.3 is 5.97 Å². The van der Waals surface area contributed by atoms with Gasteiger partial charge in [0.15, 0.2) is 6.61 Å². The van der Waals surface area contributed by atoms with E-state index in [-0.39, 0.29) is 24.8 Å². The third kappa shape index (κ3) is 4.31. The standard InChI is InChI=1S/C21H22N2O5/c1-14-9-10-18-17(12-14)23(20(25)13-28-18)11-5-8-19(24)22-16-7-4-3-6-15(16)21(26)27-2/h3-4,6-7,9-10,12H,5,8,11,13H2,1-2H3,(H,22,24). The Morgan fingerprint density at radius 3 is 2.79 bits per heavy atom. The number of methoxy groups -OCH3 is 1. The number of carbonyl (C=O) groups is 3. The summed E-state index contributed by atoms with van der Waals surface area (Å²) in [6, 6.07) is 12.3. The van der Waals surface area contributed by atoms with Crippen LogP contribution in [0.4, 0.5) is 11.4 Å². The first kappa shape index (κ1) is 19.4. The summed E-state index contributed by atoms with van der Waals surface area (Å²) in [5.41, 5.74) is 2.46. The van der Waals surface area contributed by atoms with Crippen LogP contribution in [0.1, 0.15) is 28.8 Å². The summed E-state index contributed by atoms with van der Waals surface area (Å²) >= 11 is 0. The van der Waals surface area contributed by atoms with Gasteiger partial charge in [-0.2, -0.15) is 0 Å². The molecule has 0 bridgehead atoms. The van der Waals surface area contributed by atoms with Crippen LogP contribution in [0.15, 0.2) is 42.5 Å². The lowest BCUT2D eigenvalue weighted by molar-refractivity contribution is -0.121. The number of hydrogen-bond acceptors (Lipinski definition) is 5. The molecule has 7 heteroatoms. The minimum Gasteiger partial charge on any atom is -0.482 e. The van der Waals surface area contributed by atoms with E-state index in [0.717, 1.165) is 11.3 Å². The molecule has 1 aliphatic heterocycles. The first-order chi connectivity index (χ1) is 13.5. The van der Waals surface area contributed by atoms with Crippen LogP contribution in [0.3, 0.4) is 0 Å². The highest BCUT2D eigenvalue weighted by molar-refractivity contribution is 6.01. The Balaban J connectivity index is 1.60. The number of carbonyl (C=O) groups excluding carboxylic acids is 3. The zero-order valence-corrected chi connectivity index (χ0v) is 15.9. The largest absolute Gasteiger partial charge is 0.482 e. The van der Waals surface area contributed by atoms with Gasteiger partial charge in [0.25, 0.3) is 5.91 Å². The maximum absolute atomic E-state index is 12.3. The lowest BCUT2D eigenvalue weighted by Crippen LogP contribution is -2.39. The number of benzene rings is 2. The van der Waals surface area contributed by atoms with E-state index < -0.39 is 5.97 Å². The van der Waals surface area contributed by atoms with Crippen LogP contribution < -0.4 is 15.0 Å². The minimum atomic E-state index is -0.512. The SMILES string of the molecule is COC(=O)c1ccccc1NC(=O)CCCN1C(=O)COc2ccc(C)cc21. The number of amides is 2. The molecule has 1 aliphatic rings. The van der Waals surface area contributed by atoms with Gasteiger partial charge in [0.05, 0.1) is 24.0 Å². The topological polar surface area (TPSA) is 84.9 Å². The van der Waals surface area contributed by atoms with Gasteiger partial charge in [0, 0.05) is 13.0 Å². The fourth-order valence-electron chi connectivity index (χ4n) is 3.05. The van der Waals surface area contributed by atoms with Gasteiger partial charge in [-0.3, -0.25) is 9.59 Å². The van der Waals surface area contributed by atoms with Crippen molar-refractivity contribution >= 4 is 29.2 Å². The molecule has 28 heavy (non-hydrogen) atoms. The molecule has 0 spiro atoms. The van der Waals surface area contributed by atoms with Gasteiger partial charge < -0.3 is 19.7 Å². The summed E-state index contributed by atoms with van der Waals surface area (Å²) in [4.78, 5) is 38.0. The van der Waals surface area contributed by atoms with Crippen LogP contribution in [0.2, 0.25) is 0 Å². The Hall–Kier alpha value is -3.35. The average molecular weight is 382 g/mol. The van der Waals surface area contributed by atoms with Crippen molar-refractivity contribution in [1.82, 2.24) is 0 Å². The Morgan fingerprint density at radius 1 is 1.21 bits per heavy atom. The van der Waals surface area contributed by atoms with Crippen molar-refractivity contribution in [3.05, 3.63) is 53.6 Å². The first-order valence-corrected chi connectivity index (χ1v) is 9.00. The molecule has 3 rings (SSSR count). The number of fused-ring (bicyclic) bond motifs is 1. The minimum absolute atomic E-state index is 0.00520. The molecular weight excluding hydrogens is 360 g/mol. The van der Waals surface area contributed by atoms with Crippen molar-refractivity contribution in [3.8, 4) is 5.75 Å². The maximum atomic E-state index is 12.3. The maximum Gasteiger partial charge on any atom is 0.339 e. The van der Waals surface area contributed by atoms with Crippen molar-refractivity contribution in [1.29, 1.82) is 0 Å². The van der Waals surface area contributed by atoms with Crippen LogP contribution >= 0.6 is 0 Å². The van der Waals surface area contributed by atoms with Crippen LogP contribution in [-0.2, 0) is 14.3 Å². The van der Waals surface area contributed by atoms with Gasteiger partial charge in [0.2, 0.25) is 5.91 Å². The van der Waals surface area contributed by atoms with Crippen molar-refractivity contribution in [3.63, 3.8) is 0 Å². The van der Waals surface area contributed by atoms with Crippen LogP contribution in [0.25, 0.3) is 0 Å². The summed E-state index contributed by atoms with van der Waals surface area (Å²) in [6.07, 6.45) is 0.687. The number of para-hydroxylation sites is 1. The fraction of sp³-hybridized carbons (Fsp3) is 0.286. The van der Waals surface area contributed by atoms with Gasteiger partial charge in [-0.25, -0.2) is 4.79 Å². The summed E-state index contributed by atoms with van der Waals surface area (Å²) in [5, 5.41) is 2.74. The number of aryl methyl sites for hydroxylation is 1. The fourth-order valence-corrected chi connectivity index (χ4v) is 3.05. The van der Waals surface area contributed by atoms with Crippen LogP contribution in [-0.4, -0.2) is 38.0 Å². The Labute approximate surface area is 163 Å². The smallest absolute Gasteiger partial charge is 0.339 e. The number of esters is 1. The molecule has 0 fully saturated rings. The number of ether oxygens (including phenoxy) is 2. The third-order valence-corrected chi connectivity index (χ3v) is 4.45. The number of anilines is 2. The predicted octanol–water partition coefficient (Wildman–Crippen LogP) is 2.93. The van der Waals surface area contributed by atoms with Gasteiger partial charge in [0.1, 0.15) is 5.75 Å². The molecule has 7 nitrogen and oxygen atoms in total. The summed E-state index contributed by atoms with van der Waals surface area (Å²) in [7, 11) is 1.29. The molecule has 0 atom stereocenters. The highest BCUT2D eigenvalue weighted by Gasteiger charge is 2.25. The molecule has 2 amide bonds. The van der Waals surface area contributed by atoms with Crippen molar-refractivity contribution < 1.29 is 23.9 Å². The number of hydrogen-bond donors (Lipinski definition) is 1. The van der Waals surface area contributed by atoms with E-state index in [1.807, 2.05) is 25.1 Å². The average Bonchev–Trinajstić information content (AvgIpc) is 2.69. The van der Waals surface area contributed by atoms with E-state index >= 15 is 0 Å². The molecule has 0 saturated heterocycles. The predicted molar refractivity (Wildman–Crippen MR) is 105 cm³/mol. The van der Waals surface area contributed by atoms with E-state index in [0.29, 0.717) is 30.0 Å². The van der Waals surface area contributed by atoms with Crippen LogP contribution in [0.5, 0.6) is 5.75 Å². The van der Waals surface area contributed by atoms with E-state index in [1.54, 1.807) is 29.2 Å². The number of rotatable bonds is 6. The summed E-state index contributed by atoms with van der Waals surface area (Å²) in [6.45, 7) is 2.35. The molecule has 0 radical (unpaired) electrons. The Bertz CT molecular complexity index is 909. The summed E-state index contributed by atoms with van der Waals surface area (Å²) in [5.74, 6) is -0.209. The molecule has 0 aromatic heterocycles. The molecule has 146 valence electrons. The summed E-state index contributed by atoms with van der Waals surface area (Å²) < 4.78 is 10.2. The van der Waals surface area contributed by atoms with E-state index in [1.165, 1.54) is 7.11 Å². The molecule has 2 aromatic carbocycles. The lowest BCUT2D eigenvalue weighted by Gasteiger charge is -2.29. The highest BCUT2D eigenvalue weighted by atomic mass is 16.5. The zero-order valence-electron chi connectivity index (χ0n) is 15.9. The molecule has 1 heterocycles. The quantitative estimate of drug-likeness (QED) is 0.777. The van der Waals surface area contributed by atoms with E-state index in [4.69, 9.17) is 9.47 Å². The monoisotopic (exact) mass is 382 g/mol.